The molecule has 0 aliphatic rings. The quantitative estimate of drug-likeness (QED) is 0.882. The lowest BCUT2D eigenvalue weighted by molar-refractivity contribution is -0.121. The molecule has 0 saturated heterocycles. The van der Waals surface area contributed by atoms with Gasteiger partial charge in [0.05, 0.1) is 0 Å². The number of rotatable bonds is 5. The number of hydrogen-bond acceptors (Lipinski definition) is 3. The molecule has 1 aromatic carbocycles. The molecule has 0 spiro atoms. The van der Waals surface area contributed by atoms with Gasteiger partial charge in [0.2, 0.25) is 5.91 Å². The minimum absolute atomic E-state index is 0.116. The molecule has 0 atom stereocenters. The van der Waals surface area contributed by atoms with Gasteiger partial charge in [-0.1, -0.05) is 19.9 Å². The molecule has 0 saturated carbocycles. The highest BCUT2D eigenvalue weighted by Gasteiger charge is 2.04. The lowest BCUT2D eigenvalue weighted by Crippen LogP contribution is -2.26. The van der Waals surface area contributed by atoms with Crippen molar-refractivity contribution in [3.05, 3.63) is 30.2 Å². The van der Waals surface area contributed by atoms with Gasteiger partial charge in [0.25, 0.3) is 0 Å². The maximum Gasteiger partial charge on any atom is 0.220 e. The van der Waals surface area contributed by atoms with Crippen LogP contribution in [0, 0.1) is 5.92 Å². The number of nitrogens with zero attached hydrogens (tertiary/aromatic N) is 1. The molecular formula is C14H18N2O2. The first-order chi connectivity index (χ1) is 8.65. The zero-order valence-electron chi connectivity index (χ0n) is 10.8. The van der Waals surface area contributed by atoms with E-state index in [0.717, 1.165) is 23.1 Å². The molecule has 18 heavy (non-hydrogen) atoms. The average Bonchev–Trinajstić information content (AvgIpc) is 2.75. The Balaban J connectivity index is 1.84. The molecule has 96 valence electrons. The van der Waals surface area contributed by atoms with Crippen LogP contribution in [0.2, 0.25) is 0 Å². The van der Waals surface area contributed by atoms with Crippen LogP contribution in [0.5, 0.6) is 0 Å². The smallest absolute Gasteiger partial charge is 0.220 e. The zero-order valence-corrected chi connectivity index (χ0v) is 10.8. The third-order valence-electron chi connectivity index (χ3n) is 2.73. The molecule has 4 nitrogen and oxygen atoms in total. The number of hydrogen-bond donors (Lipinski definition) is 1. The molecule has 0 aliphatic heterocycles. The summed E-state index contributed by atoms with van der Waals surface area (Å²) in [6.07, 6.45) is 2.83. The Morgan fingerprint density at radius 2 is 2.28 bits per heavy atom. The summed E-state index contributed by atoms with van der Waals surface area (Å²) in [5.41, 5.74) is 2.80. The van der Waals surface area contributed by atoms with Crippen molar-refractivity contribution in [2.75, 3.05) is 6.54 Å². The number of amides is 1. The molecule has 0 unspecified atom stereocenters. The second-order valence-corrected chi connectivity index (χ2v) is 4.85. The minimum Gasteiger partial charge on any atom is -0.443 e. The lowest BCUT2D eigenvalue weighted by atomic mass is 10.1. The van der Waals surface area contributed by atoms with Crippen LogP contribution in [-0.2, 0) is 11.2 Å². The molecule has 0 fully saturated rings. The van der Waals surface area contributed by atoms with Crippen LogP contribution < -0.4 is 5.32 Å². The molecule has 0 aliphatic carbocycles. The Hall–Kier alpha value is -1.84. The van der Waals surface area contributed by atoms with E-state index in [-0.39, 0.29) is 5.91 Å². The summed E-state index contributed by atoms with van der Waals surface area (Å²) in [6.45, 7) is 4.74. The molecule has 1 heterocycles. The van der Waals surface area contributed by atoms with E-state index >= 15 is 0 Å². The summed E-state index contributed by atoms with van der Waals surface area (Å²) in [6, 6.07) is 5.92. The fourth-order valence-corrected chi connectivity index (χ4v) is 1.84. The standard InChI is InChI=1S/C14H18N2O2/c1-10(2)7-14(17)15-6-5-11-3-4-12-13(8-11)18-9-16-12/h3-4,8-10H,5-7H2,1-2H3,(H,15,17). The van der Waals surface area contributed by atoms with Crippen LogP contribution >= 0.6 is 0 Å². The number of benzene rings is 1. The van der Waals surface area contributed by atoms with Gasteiger partial charge in [-0.05, 0) is 30.0 Å². The summed E-state index contributed by atoms with van der Waals surface area (Å²) in [4.78, 5) is 15.5. The van der Waals surface area contributed by atoms with Crippen molar-refractivity contribution in [2.24, 2.45) is 5.92 Å². The van der Waals surface area contributed by atoms with E-state index in [2.05, 4.69) is 10.3 Å². The van der Waals surface area contributed by atoms with Crippen molar-refractivity contribution in [1.82, 2.24) is 10.3 Å². The Labute approximate surface area is 106 Å². The lowest BCUT2D eigenvalue weighted by Gasteiger charge is -2.07. The second-order valence-electron chi connectivity index (χ2n) is 4.85. The van der Waals surface area contributed by atoms with Gasteiger partial charge in [0.15, 0.2) is 12.0 Å². The number of carbonyl (C=O) groups is 1. The van der Waals surface area contributed by atoms with Crippen LogP contribution in [-0.4, -0.2) is 17.4 Å². The van der Waals surface area contributed by atoms with Gasteiger partial charge in [0.1, 0.15) is 5.52 Å². The summed E-state index contributed by atoms with van der Waals surface area (Å²) in [5.74, 6) is 0.515. The van der Waals surface area contributed by atoms with Crippen molar-refractivity contribution < 1.29 is 9.21 Å². The highest BCUT2D eigenvalue weighted by Crippen LogP contribution is 2.14. The summed E-state index contributed by atoms with van der Waals surface area (Å²) < 4.78 is 5.24. The highest BCUT2D eigenvalue weighted by atomic mass is 16.3. The Morgan fingerprint density at radius 3 is 3.06 bits per heavy atom. The number of nitrogens with one attached hydrogen (secondary N) is 1. The van der Waals surface area contributed by atoms with E-state index in [1.807, 2.05) is 32.0 Å². The number of aromatic nitrogens is 1. The van der Waals surface area contributed by atoms with Crippen molar-refractivity contribution in [1.29, 1.82) is 0 Å². The topological polar surface area (TPSA) is 55.1 Å². The zero-order chi connectivity index (χ0) is 13.0. The van der Waals surface area contributed by atoms with Gasteiger partial charge in [-0.25, -0.2) is 4.98 Å². The van der Waals surface area contributed by atoms with Gasteiger partial charge < -0.3 is 9.73 Å². The molecular weight excluding hydrogens is 228 g/mol. The Morgan fingerprint density at radius 1 is 1.44 bits per heavy atom. The predicted molar refractivity (Wildman–Crippen MR) is 70.2 cm³/mol. The van der Waals surface area contributed by atoms with Crippen LogP contribution in [0.25, 0.3) is 11.1 Å². The van der Waals surface area contributed by atoms with E-state index < -0.39 is 0 Å². The van der Waals surface area contributed by atoms with Gasteiger partial charge >= 0.3 is 0 Å². The number of fused-ring (bicyclic) bond motifs is 1. The van der Waals surface area contributed by atoms with E-state index in [0.29, 0.717) is 18.9 Å². The largest absolute Gasteiger partial charge is 0.443 e. The minimum atomic E-state index is 0.116. The first-order valence-electron chi connectivity index (χ1n) is 6.24. The third kappa shape index (κ3) is 3.32. The monoisotopic (exact) mass is 246 g/mol. The molecule has 1 N–H and O–H groups in total. The Bertz CT molecular complexity index is 531. The maximum absolute atomic E-state index is 11.5. The van der Waals surface area contributed by atoms with Gasteiger partial charge in [-0.3, -0.25) is 4.79 Å². The SMILES string of the molecule is CC(C)CC(=O)NCCc1ccc2ncoc2c1. The highest BCUT2D eigenvalue weighted by molar-refractivity contribution is 5.76. The normalized spacial score (nSPS) is 11.1. The fourth-order valence-electron chi connectivity index (χ4n) is 1.84. The van der Waals surface area contributed by atoms with Crippen molar-refractivity contribution in [3.8, 4) is 0 Å². The molecule has 0 bridgehead atoms. The van der Waals surface area contributed by atoms with Gasteiger partial charge in [-0.15, -0.1) is 0 Å². The summed E-state index contributed by atoms with van der Waals surface area (Å²) in [5, 5.41) is 2.92. The van der Waals surface area contributed by atoms with E-state index in [9.17, 15) is 4.79 Å². The van der Waals surface area contributed by atoms with Crippen LogP contribution in [0.1, 0.15) is 25.8 Å². The van der Waals surface area contributed by atoms with E-state index in [4.69, 9.17) is 4.42 Å². The van der Waals surface area contributed by atoms with Crippen LogP contribution in [0.3, 0.4) is 0 Å². The van der Waals surface area contributed by atoms with E-state index in [1.54, 1.807) is 0 Å². The summed E-state index contributed by atoms with van der Waals surface area (Å²) >= 11 is 0. The van der Waals surface area contributed by atoms with Crippen LogP contribution in [0.15, 0.2) is 29.0 Å². The van der Waals surface area contributed by atoms with Crippen molar-refractivity contribution in [2.45, 2.75) is 26.7 Å². The molecule has 2 rings (SSSR count). The van der Waals surface area contributed by atoms with Crippen LogP contribution in [0.4, 0.5) is 0 Å². The fraction of sp³-hybridized carbons (Fsp3) is 0.429. The first kappa shape index (κ1) is 12.6. The van der Waals surface area contributed by atoms with Gasteiger partial charge in [-0.2, -0.15) is 0 Å². The van der Waals surface area contributed by atoms with Gasteiger partial charge in [0, 0.05) is 13.0 Å². The number of carbonyl (C=O) groups excluding carboxylic acids is 1. The third-order valence-corrected chi connectivity index (χ3v) is 2.73. The average molecular weight is 246 g/mol. The number of oxazole rings is 1. The predicted octanol–water partition coefficient (Wildman–Crippen LogP) is 2.53. The molecule has 2 aromatic rings. The Kier molecular flexibility index (Phi) is 3.97. The first-order valence-corrected chi connectivity index (χ1v) is 6.24. The van der Waals surface area contributed by atoms with E-state index in [1.165, 1.54) is 6.39 Å². The molecule has 1 amide bonds. The molecule has 4 heteroatoms. The van der Waals surface area contributed by atoms with Crippen molar-refractivity contribution in [3.63, 3.8) is 0 Å². The molecule has 0 radical (unpaired) electrons. The van der Waals surface area contributed by atoms with Crippen molar-refractivity contribution >= 4 is 17.0 Å². The summed E-state index contributed by atoms with van der Waals surface area (Å²) in [7, 11) is 0. The molecule has 1 aromatic heterocycles. The second kappa shape index (κ2) is 5.67. The maximum atomic E-state index is 11.5.